The van der Waals surface area contributed by atoms with Crippen LogP contribution in [0.4, 0.5) is 5.69 Å². The average molecular weight is 232 g/mol. The molecule has 0 saturated heterocycles. The molecule has 2 nitrogen and oxygen atoms in total. The molecule has 1 fully saturated rings. The second-order valence-corrected chi connectivity index (χ2v) is 5.19. The molecule has 2 rings (SSSR count). The number of rotatable bonds is 7. The SMILES string of the molecule is CCCC(C)Nc1cccc(CNC2CC2)c1. The van der Waals surface area contributed by atoms with Crippen molar-refractivity contribution in [1.29, 1.82) is 0 Å². The van der Waals surface area contributed by atoms with E-state index in [0.29, 0.717) is 6.04 Å². The van der Waals surface area contributed by atoms with E-state index >= 15 is 0 Å². The highest BCUT2D eigenvalue weighted by Crippen LogP contribution is 2.20. The van der Waals surface area contributed by atoms with Gasteiger partial charge in [0, 0.05) is 24.3 Å². The maximum absolute atomic E-state index is 3.56. The third-order valence-corrected chi connectivity index (χ3v) is 3.23. The Morgan fingerprint density at radius 2 is 2.18 bits per heavy atom. The van der Waals surface area contributed by atoms with E-state index in [0.717, 1.165) is 12.6 Å². The molecule has 1 unspecified atom stereocenters. The van der Waals surface area contributed by atoms with Crippen LogP contribution in [0.25, 0.3) is 0 Å². The van der Waals surface area contributed by atoms with Gasteiger partial charge in [-0.25, -0.2) is 0 Å². The lowest BCUT2D eigenvalue weighted by Gasteiger charge is -2.15. The fourth-order valence-electron chi connectivity index (χ4n) is 2.11. The Labute approximate surface area is 105 Å². The average Bonchev–Trinajstić information content (AvgIpc) is 3.11. The summed E-state index contributed by atoms with van der Waals surface area (Å²) in [5, 5.41) is 7.11. The minimum Gasteiger partial charge on any atom is -0.383 e. The Hall–Kier alpha value is -1.02. The van der Waals surface area contributed by atoms with Crippen LogP contribution in [-0.4, -0.2) is 12.1 Å². The van der Waals surface area contributed by atoms with Crippen molar-refractivity contribution in [2.24, 2.45) is 0 Å². The molecule has 0 heterocycles. The van der Waals surface area contributed by atoms with E-state index in [1.54, 1.807) is 0 Å². The summed E-state index contributed by atoms with van der Waals surface area (Å²) < 4.78 is 0. The molecule has 0 amide bonds. The van der Waals surface area contributed by atoms with Crippen LogP contribution in [-0.2, 0) is 6.54 Å². The van der Waals surface area contributed by atoms with E-state index in [-0.39, 0.29) is 0 Å². The maximum Gasteiger partial charge on any atom is 0.0345 e. The Kier molecular flexibility index (Phi) is 4.43. The van der Waals surface area contributed by atoms with Gasteiger partial charge >= 0.3 is 0 Å². The summed E-state index contributed by atoms with van der Waals surface area (Å²) in [5.74, 6) is 0. The molecular formula is C15H24N2. The van der Waals surface area contributed by atoms with Crippen molar-refractivity contribution in [2.45, 2.75) is 58.2 Å². The zero-order valence-electron chi connectivity index (χ0n) is 11.0. The number of nitrogens with one attached hydrogen (secondary N) is 2. The summed E-state index contributed by atoms with van der Waals surface area (Å²) in [6.07, 6.45) is 5.17. The molecule has 0 spiro atoms. The van der Waals surface area contributed by atoms with Crippen LogP contribution in [0.3, 0.4) is 0 Å². The molecule has 94 valence electrons. The molecule has 0 radical (unpaired) electrons. The van der Waals surface area contributed by atoms with Crippen LogP contribution in [0.15, 0.2) is 24.3 Å². The first-order chi connectivity index (χ1) is 8.28. The Balaban J connectivity index is 1.85. The zero-order chi connectivity index (χ0) is 12.1. The third kappa shape index (κ3) is 4.39. The predicted octanol–water partition coefficient (Wildman–Crippen LogP) is 3.54. The van der Waals surface area contributed by atoms with E-state index < -0.39 is 0 Å². The zero-order valence-corrected chi connectivity index (χ0v) is 11.0. The molecule has 1 aromatic carbocycles. The molecule has 1 saturated carbocycles. The van der Waals surface area contributed by atoms with Crippen molar-refractivity contribution in [3.63, 3.8) is 0 Å². The van der Waals surface area contributed by atoms with Gasteiger partial charge in [-0.3, -0.25) is 0 Å². The summed E-state index contributed by atoms with van der Waals surface area (Å²) in [6.45, 7) is 5.48. The van der Waals surface area contributed by atoms with Gasteiger partial charge in [-0.15, -0.1) is 0 Å². The van der Waals surface area contributed by atoms with Crippen molar-refractivity contribution in [3.05, 3.63) is 29.8 Å². The van der Waals surface area contributed by atoms with E-state index in [2.05, 4.69) is 48.7 Å². The highest BCUT2D eigenvalue weighted by atomic mass is 14.9. The molecule has 2 N–H and O–H groups in total. The Bertz CT molecular complexity index is 345. The van der Waals surface area contributed by atoms with Crippen molar-refractivity contribution in [2.75, 3.05) is 5.32 Å². The fraction of sp³-hybridized carbons (Fsp3) is 0.600. The molecule has 0 bridgehead atoms. The Morgan fingerprint density at radius 1 is 1.35 bits per heavy atom. The third-order valence-electron chi connectivity index (χ3n) is 3.23. The van der Waals surface area contributed by atoms with Crippen LogP contribution >= 0.6 is 0 Å². The van der Waals surface area contributed by atoms with E-state index in [9.17, 15) is 0 Å². The summed E-state index contributed by atoms with van der Waals surface area (Å²) in [7, 11) is 0. The minimum atomic E-state index is 0.562. The lowest BCUT2D eigenvalue weighted by Crippen LogP contribution is -2.16. The van der Waals surface area contributed by atoms with Crippen LogP contribution in [0.2, 0.25) is 0 Å². The molecule has 2 heteroatoms. The molecule has 1 aromatic rings. The molecule has 1 aliphatic carbocycles. The van der Waals surface area contributed by atoms with Gasteiger partial charge < -0.3 is 10.6 Å². The van der Waals surface area contributed by atoms with Crippen molar-refractivity contribution in [3.8, 4) is 0 Å². The van der Waals surface area contributed by atoms with Gasteiger partial charge in [-0.05, 0) is 43.9 Å². The molecular weight excluding hydrogens is 208 g/mol. The molecule has 0 aromatic heterocycles. The van der Waals surface area contributed by atoms with Gasteiger partial charge in [0.2, 0.25) is 0 Å². The lowest BCUT2D eigenvalue weighted by molar-refractivity contribution is 0.683. The van der Waals surface area contributed by atoms with Gasteiger partial charge in [-0.1, -0.05) is 25.5 Å². The monoisotopic (exact) mass is 232 g/mol. The molecule has 0 aliphatic heterocycles. The van der Waals surface area contributed by atoms with Gasteiger partial charge in [0.15, 0.2) is 0 Å². The maximum atomic E-state index is 3.56. The topological polar surface area (TPSA) is 24.1 Å². The number of hydrogen-bond donors (Lipinski definition) is 2. The van der Waals surface area contributed by atoms with Crippen LogP contribution in [0, 0.1) is 0 Å². The van der Waals surface area contributed by atoms with Gasteiger partial charge in [-0.2, -0.15) is 0 Å². The number of hydrogen-bond acceptors (Lipinski definition) is 2. The van der Waals surface area contributed by atoms with Gasteiger partial charge in [0.1, 0.15) is 0 Å². The number of anilines is 1. The first-order valence-corrected chi connectivity index (χ1v) is 6.87. The quantitative estimate of drug-likeness (QED) is 0.751. The van der Waals surface area contributed by atoms with Crippen LogP contribution < -0.4 is 10.6 Å². The summed E-state index contributed by atoms with van der Waals surface area (Å²) in [6, 6.07) is 10.1. The highest BCUT2D eigenvalue weighted by molar-refractivity contribution is 5.46. The first-order valence-electron chi connectivity index (χ1n) is 6.87. The first kappa shape index (κ1) is 12.4. The second-order valence-electron chi connectivity index (χ2n) is 5.19. The standard InChI is InChI=1S/C15H24N2/c1-3-5-12(2)17-15-7-4-6-13(10-15)11-16-14-8-9-14/h4,6-7,10,12,14,16-17H,3,5,8-9,11H2,1-2H3. The normalized spacial score (nSPS) is 16.8. The van der Waals surface area contributed by atoms with Crippen LogP contribution in [0.1, 0.15) is 45.1 Å². The predicted molar refractivity (Wildman–Crippen MR) is 74.3 cm³/mol. The summed E-state index contributed by atoms with van der Waals surface area (Å²) >= 11 is 0. The van der Waals surface area contributed by atoms with E-state index in [1.807, 2.05) is 0 Å². The molecule has 17 heavy (non-hydrogen) atoms. The lowest BCUT2D eigenvalue weighted by atomic mass is 10.1. The Morgan fingerprint density at radius 3 is 2.88 bits per heavy atom. The highest BCUT2D eigenvalue weighted by Gasteiger charge is 2.19. The summed E-state index contributed by atoms with van der Waals surface area (Å²) in [4.78, 5) is 0. The fourth-order valence-corrected chi connectivity index (χ4v) is 2.11. The van der Waals surface area contributed by atoms with E-state index in [1.165, 1.54) is 36.9 Å². The van der Waals surface area contributed by atoms with Crippen molar-refractivity contribution < 1.29 is 0 Å². The molecule has 1 aliphatic rings. The van der Waals surface area contributed by atoms with Crippen molar-refractivity contribution in [1.82, 2.24) is 5.32 Å². The van der Waals surface area contributed by atoms with Gasteiger partial charge in [0.25, 0.3) is 0 Å². The van der Waals surface area contributed by atoms with Crippen LogP contribution in [0.5, 0.6) is 0 Å². The smallest absolute Gasteiger partial charge is 0.0345 e. The van der Waals surface area contributed by atoms with E-state index in [4.69, 9.17) is 0 Å². The largest absolute Gasteiger partial charge is 0.383 e. The summed E-state index contributed by atoms with van der Waals surface area (Å²) in [5.41, 5.74) is 2.63. The minimum absolute atomic E-state index is 0.562. The number of benzene rings is 1. The second kappa shape index (κ2) is 6.06. The van der Waals surface area contributed by atoms with Crippen molar-refractivity contribution >= 4 is 5.69 Å². The molecule has 1 atom stereocenters. The van der Waals surface area contributed by atoms with Gasteiger partial charge in [0.05, 0.1) is 0 Å².